The van der Waals surface area contributed by atoms with Crippen LogP contribution in [0.25, 0.3) is 11.0 Å². The molecule has 0 aliphatic carbocycles. The van der Waals surface area contributed by atoms with Gasteiger partial charge < -0.3 is 19.4 Å². The predicted molar refractivity (Wildman–Crippen MR) is 125 cm³/mol. The van der Waals surface area contributed by atoms with E-state index in [9.17, 15) is 4.21 Å². The molecule has 0 fully saturated rings. The Balaban J connectivity index is 2.13. The standard InChI is InChI=1S/C23H29N3O3S/c1-6-26(7-2)19-12-15(5)10-11-16(19)22(30-27)23-24-17-13-20(28-8-3)21(29-9-4)14-18(17)25-23/h10-14H,6-9H2,1-5H3,(H,24,25). The van der Waals surface area contributed by atoms with Gasteiger partial charge in [-0.25, -0.2) is 9.19 Å². The molecular formula is C23H29N3O3S. The summed E-state index contributed by atoms with van der Waals surface area (Å²) in [5.41, 5.74) is 4.63. The van der Waals surface area contributed by atoms with E-state index >= 15 is 0 Å². The zero-order chi connectivity index (χ0) is 21.7. The molecule has 0 bridgehead atoms. The number of anilines is 1. The van der Waals surface area contributed by atoms with E-state index in [2.05, 4.69) is 36.7 Å². The number of benzene rings is 2. The van der Waals surface area contributed by atoms with E-state index in [0.717, 1.165) is 40.9 Å². The zero-order valence-corrected chi connectivity index (χ0v) is 19.1. The summed E-state index contributed by atoms with van der Waals surface area (Å²) < 4.78 is 23.7. The highest BCUT2D eigenvalue weighted by molar-refractivity contribution is 7.67. The summed E-state index contributed by atoms with van der Waals surface area (Å²) in [4.78, 5) is 10.8. The van der Waals surface area contributed by atoms with E-state index in [-0.39, 0.29) is 0 Å². The van der Waals surface area contributed by atoms with Gasteiger partial charge in [0.1, 0.15) is 16.1 Å². The minimum atomic E-state index is 0.462. The molecule has 2 aromatic carbocycles. The lowest BCUT2D eigenvalue weighted by Gasteiger charge is -2.24. The van der Waals surface area contributed by atoms with E-state index in [1.165, 1.54) is 0 Å². The largest absolute Gasteiger partial charge is 0.490 e. The van der Waals surface area contributed by atoms with Gasteiger partial charge in [0.15, 0.2) is 17.3 Å². The van der Waals surface area contributed by atoms with E-state index in [0.29, 0.717) is 46.7 Å². The average Bonchev–Trinajstić information content (AvgIpc) is 3.14. The summed E-state index contributed by atoms with van der Waals surface area (Å²) in [5.74, 6) is 1.87. The lowest BCUT2D eigenvalue weighted by atomic mass is 10.0. The van der Waals surface area contributed by atoms with Gasteiger partial charge in [0.05, 0.1) is 24.2 Å². The third-order valence-corrected chi connectivity index (χ3v) is 5.53. The molecule has 0 amide bonds. The first-order valence-corrected chi connectivity index (χ1v) is 11.1. The molecule has 3 aromatic rings. The van der Waals surface area contributed by atoms with Crippen molar-refractivity contribution in [2.24, 2.45) is 0 Å². The lowest BCUT2D eigenvalue weighted by Crippen LogP contribution is -2.24. The lowest BCUT2D eigenvalue weighted by molar-refractivity contribution is 0.288. The minimum absolute atomic E-state index is 0.462. The van der Waals surface area contributed by atoms with Gasteiger partial charge in [0, 0.05) is 36.5 Å². The Morgan fingerprint density at radius 2 is 1.70 bits per heavy atom. The van der Waals surface area contributed by atoms with Gasteiger partial charge in [-0.2, -0.15) is 0 Å². The maximum atomic E-state index is 12.2. The summed E-state index contributed by atoms with van der Waals surface area (Å²) in [5, 5.41) is 0. The Labute approximate surface area is 181 Å². The fraction of sp³-hybridized carbons (Fsp3) is 0.391. The number of rotatable bonds is 9. The first kappa shape index (κ1) is 21.9. The molecule has 0 unspecified atom stereocenters. The van der Waals surface area contributed by atoms with Crippen molar-refractivity contribution in [3.8, 4) is 11.5 Å². The molecule has 0 spiro atoms. The van der Waals surface area contributed by atoms with Crippen LogP contribution in [-0.4, -0.2) is 45.3 Å². The number of aryl methyl sites for hydroxylation is 1. The van der Waals surface area contributed by atoms with Crippen molar-refractivity contribution in [3.05, 3.63) is 47.3 Å². The van der Waals surface area contributed by atoms with Crippen LogP contribution in [0.15, 0.2) is 30.3 Å². The number of fused-ring (bicyclic) bond motifs is 1. The highest BCUT2D eigenvalue weighted by atomic mass is 32.1. The zero-order valence-electron chi connectivity index (χ0n) is 18.2. The highest BCUT2D eigenvalue weighted by Crippen LogP contribution is 2.32. The number of aromatic amines is 1. The Morgan fingerprint density at radius 1 is 1.03 bits per heavy atom. The molecule has 30 heavy (non-hydrogen) atoms. The Hall–Kier alpha value is -2.80. The molecule has 1 heterocycles. The minimum Gasteiger partial charge on any atom is -0.490 e. The monoisotopic (exact) mass is 427 g/mol. The van der Waals surface area contributed by atoms with E-state index in [1.807, 2.05) is 38.1 Å². The molecule has 0 saturated heterocycles. The van der Waals surface area contributed by atoms with Crippen LogP contribution in [0.1, 0.15) is 44.6 Å². The Bertz CT molecular complexity index is 1040. The van der Waals surface area contributed by atoms with Crippen LogP contribution >= 0.6 is 0 Å². The third kappa shape index (κ3) is 4.36. The Kier molecular flexibility index (Phi) is 7.15. The maximum absolute atomic E-state index is 12.2. The second-order valence-electron chi connectivity index (χ2n) is 6.87. The van der Waals surface area contributed by atoms with Crippen LogP contribution in [0.4, 0.5) is 5.69 Å². The van der Waals surface area contributed by atoms with E-state index in [1.54, 1.807) is 0 Å². The number of H-pyrrole nitrogens is 1. The molecule has 0 aliphatic heterocycles. The van der Waals surface area contributed by atoms with Gasteiger partial charge in [0.25, 0.3) is 0 Å². The summed E-state index contributed by atoms with van der Waals surface area (Å²) >= 11 is 0.462. The van der Waals surface area contributed by atoms with Gasteiger partial charge in [0.2, 0.25) is 0 Å². The van der Waals surface area contributed by atoms with Crippen LogP contribution in [-0.2, 0) is 11.3 Å². The number of hydrogen-bond acceptors (Lipinski definition) is 5. The smallest absolute Gasteiger partial charge is 0.163 e. The SMILES string of the molecule is CCOc1cc2nc(C(=S=O)c3ccc(C)cc3N(CC)CC)[nH]c2cc1OCC. The molecule has 1 N–H and O–H groups in total. The second kappa shape index (κ2) is 9.80. The molecule has 0 aliphatic rings. The normalized spacial score (nSPS) is 10.8. The number of hydrogen-bond donors (Lipinski definition) is 1. The number of ether oxygens (including phenoxy) is 2. The van der Waals surface area contributed by atoms with Crippen molar-refractivity contribution in [2.75, 3.05) is 31.2 Å². The number of aromatic nitrogens is 2. The van der Waals surface area contributed by atoms with Crippen molar-refractivity contribution in [3.63, 3.8) is 0 Å². The van der Waals surface area contributed by atoms with Gasteiger partial charge in [-0.3, -0.25) is 0 Å². The van der Waals surface area contributed by atoms with E-state index in [4.69, 9.17) is 14.5 Å². The Morgan fingerprint density at radius 3 is 2.30 bits per heavy atom. The molecule has 160 valence electrons. The molecule has 0 saturated carbocycles. The van der Waals surface area contributed by atoms with Crippen LogP contribution in [0.5, 0.6) is 11.5 Å². The topological polar surface area (TPSA) is 67.5 Å². The molecule has 0 radical (unpaired) electrons. The number of imidazole rings is 1. The maximum Gasteiger partial charge on any atom is 0.163 e. The molecule has 7 heteroatoms. The molecule has 0 atom stereocenters. The van der Waals surface area contributed by atoms with Gasteiger partial charge in [-0.05, 0) is 46.2 Å². The predicted octanol–water partition coefficient (Wildman–Crippen LogP) is 4.30. The highest BCUT2D eigenvalue weighted by Gasteiger charge is 2.19. The van der Waals surface area contributed by atoms with Gasteiger partial charge in [-0.1, -0.05) is 12.1 Å². The van der Waals surface area contributed by atoms with Crippen molar-refractivity contribution < 1.29 is 13.7 Å². The first-order valence-electron chi connectivity index (χ1n) is 10.4. The quantitative estimate of drug-likeness (QED) is 0.407. The van der Waals surface area contributed by atoms with Crippen molar-refractivity contribution in [2.45, 2.75) is 34.6 Å². The van der Waals surface area contributed by atoms with Crippen LogP contribution in [0, 0.1) is 6.92 Å². The molecule has 1 aromatic heterocycles. The molecule has 6 nitrogen and oxygen atoms in total. The fourth-order valence-electron chi connectivity index (χ4n) is 3.53. The average molecular weight is 428 g/mol. The summed E-state index contributed by atoms with van der Waals surface area (Å²) in [6, 6.07) is 9.90. The summed E-state index contributed by atoms with van der Waals surface area (Å²) in [6.07, 6.45) is 0. The van der Waals surface area contributed by atoms with Crippen molar-refractivity contribution in [1.29, 1.82) is 0 Å². The fourth-order valence-corrected chi connectivity index (χ4v) is 3.97. The van der Waals surface area contributed by atoms with Crippen LogP contribution in [0.3, 0.4) is 0 Å². The molecule has 3 rings (SSSR count). The summed E-state index contributed by atoms with van der Waals surface area (Å²) in [6.45, 7) is 13.0. The first-order chi connectivity index (χ1) is 14.6. The summed E-state index contributed by atoms with van der Waals surface area (Å²) in [7, 11) is 0. The van der Waals surface area contributed by atoms with Gasteiger partial charge >= 0.3 is 0 Å². The molecular weight excluding hydrogens is 398 g/mol. The third-order valence-electron chi connectivity index (χ3n) is 4.95. The second-order valence-corrected chi connectivity index (χ2v) is 7.45. The van der Waals surface area contributed by atoms with Crippen LogP contribution in [0.2, 0.25) is 0 Å². The van der Waals surface area contributed by atoms with Crippen molar-refractivity contribution in [1.82, 2.24) is 9.97 Å². The number of nitrogens with one attached hydrogen (secondary N) is 1. The van der Waals surface area contributed by atoms with Crippen molar-refractivity contribution >= 4 is 32.8 Å². The van der Waals surface area contributed by atoms with E-state index < -0.39 is 0 Å². The number of nitrogens with zero attached hydrogens (tertiary/aromatic N) is 2. The van der Waals surface area contributed by atoms with Crippen LogP contribution < -0.4 is 14.4 Å². The van der Waals surface area contributed by atoms with Gasteiger partial charge in [-0.15, -0.1) is 0 Å².